The van der Waals surface area contributed by atoms with Crippen LogP contribution >= 0.6 is 23.1 Å². The lowest BCUT2D eigenvalue weighted by Gasteiger charge is -2.23. The summed E-state index contributed by atoms with van der Waals surface area (Å²) in [6.45, 7) is 4.75. The number of aryl methyl sites for hydroxylation is 1. The zero-order valence-corrected chi connectivity index (χ0v) is 19.4. The minimum atomic E-state index is 0.160. The number of thioether (sulfide) groups is 1. The third-order valence-corrected chi connectivity index (χ3v) is 7.38. The molecular weight excluding hydrogens is 422 g/mol. The van der Waals surface area contributed by atoms with Gasteiger partial charge in [0, 0.05) is 35.7 Å². The van der Waals surface area contributed by atoms with Gasteiger partial charge in [-0.15, -0.1) is 23.1 Å². The van der Waals surface area contributed by atoms with E-state index in [9.17, 15) is 4.79 Å². The molecule has 1 saturated heterocycles. The van der Waals surface area contributed by atoms with Crippen molar-refractivity contribution in [2.24, 2.45) is 0 Å². The molecule has 2 aromatic carbocycles. The Morgan fingerprint density at radius 1 is 1.00 bits per heavy atom. The highest BCUT2D eigenvalue weighted by Crippen LogP contribution is 2.27. The number of nitrogens with zero attached hydrogens (tertiary/aromatic N) is 3. The minimum Gasteiger partial charge on any atom is -0.337 e. The number of hydrogen-bond donors (Lipinski definition) is 0. The maximum atomic E-state index is 13.3. The Labute approximate surface area is 193 Å². The molecule has 2 heterocycles. The Bertz CT molecular complexity index is 946. The number of aromatic nitrogens is 1. The molecule has 6 heteroatoms. The molecule has 0 radical (unpaired) electrons. The summed E-state index contributed by atoms with van der Waals surface area (Å²) in [6.07, 6.45) is 3.31. The van der Waals surface area contributed by atoms with E-state index in [-0.39, 0.29) is 5.91 Å². The van der Waals surface area contributed by atoms with Gasteiger partial charge in [0.2, 0.25) is 0 Å². The van der Waals surface area contributed by atoms with Crippen LogP contribution in [0.4, 0.5) is 0 Å². The molecule has 0 unspecified atom stereocenters. The zero-order chi connectivity index (χ0) is 21.3. The van der Waals surface area contributed by atoms with E-state index in [1.54, 1.807) is 23.1 Å². The number of rotatable bonds is 8. The molecule has 3 aromatic rings. The van der Waals surface area contributed by atoms with Crippen LogP contribution < -0.4 is 0 Å². The number of carbonyl (C=O) groups is 1. The van der Waals surface area contributed by atoms with E-state index >= 15 is 0 Å². The Morgan fingerprint density at radius 2 is 1.84 bits per heavy atom. The summed E-state index contributed by atoms with van der Waals surface area (Å²) in [5, 5.41) is 2.07. The summed E-state index contributed by atoms with van der Waals surface area (Å²) < 4.78 is 0. The highest BCUT2D eigenvalue weighted by molar-refractivity contribution is 7.98. The minimum absolute atomic E-state index is 0.160. The van der Waals surface area contributed by atoms with Crippen molar-refractivity contribution in [3.63, 3.8) is 0 Å². The molecule has 0 N–H and O–H groups in total. The second kappa shape index (κ2) is 11.5. The molecule has 1 fully saturated rings. The van der Waals surface area contributed by atoms with Gasteiger partial charge < -0.3 is 9.80 Å². The smallest absolute Gasteiger partial charge is 0.255 e. The van der Waals surface area contributed by atoms with Crippen molar-refractivity contribution in [1.82, 2.24) is 14.8 Å². The van der Waals surface area contributed by atoms with Crippen LogP contribution in [0.2, 0.25) is 0 Å². The van der Waals surface area contributed by atoms with E-state index in [0.29, 0.717) is 0 Å². The molecular formula is C25H29N3OS2. The maximum absolute atomic E-state index is 13.3. The Morgan fingerprint density at radius 3 is 2.68 bits per heavy atom. The van der Waals surface area contributed by atoms with E-state index in [0.717, 1.165) is 73.9 Å². The third-order valence-electron chi connectivity index (χ3n) is 5.63. The average Bonchev–Trinajstić information content (AvgIpc) is 3.23. The first-order valence-corrected chi connectivity index (χ1v) is 12.9. The monoisotopic (exact) mass is 451 g/mol. The number of thiazole rings is 1. The molecule has 1 aromatic heterocycles. The number of carbonyl (C=O) groups excluding carboxylic acids is 1. The van der Waals surface area contributed by atoms with Gasteiger partial charge in [0.15, 0.2) is 0 Å². The summed E-state index contributed by atoms with van der Waals surface area (Å²) in [5.74, 6) is 0.954. The summed E-state index contributed by atoms with van der Waals surface area (Å²) in [4.78, 5) is 23.3. The van der Waals surface area contributed by atoms with Gasteiger partial charge in [0.25, 0.3) is 5.91 Å². The average molecular weight is 452 g/mol. The number of hydrogen-bond acceptors (Lipinski definition) is 5. The largest absolute Gasteiger partial charge is 0.337 e. The van der Waals surface area contributed by atoms with Gasteiger partial charge in [-0.3, -0.25) is 4.79 Å². The van der Waals surface area contributed by atoms with Crippen LogP contribution in [0.1, 0.15) is 34.5 Å². The van der Waals surface area contributed by atoms with Crippen LogP contribution in [0.15, 0.2) is 70.4 Å². The second-order valence-corrected chi connectivity index (χ2v) is 9.58. The van der Waals surface area contributed by atoms with Gasteiger partial charge >= 0.3 is 0 Å². The molecule has 1 aliphatic heterocycles. The summed E-state index contributed by atoms with van der Waals surface area (Å²) >= 11 is 3.31. The van der Waals surface area contributed by atoms with Crippen LogP contribution in [0, 0.1) is 0 Å². The highest BCUT2D eigenvalue weighted by Gasteiger charge is 2.22. The topological polar surface area (TPSA) is 36.4 Å². The number of benzene rings is 2. The zero-order valence-electron chi connectivity index (χ0n) is 17.8. The third kappa shape index (κ3) is 6.42. The van der Waals surface area contributed by atoms with E-state index < -0.39 is 0 Å². The SMILES string of the molecule is O=C(c1ccccc1SCc1cscn1)N1CCCN(CCCc2ccccc2)CC1. The Balaban J connectivity index is 1.30. The van der Waals surface area contributed by atoms with E-state index in [2.05, 4.69) is 51.7 Å². The molecule has 0 saturated carbocycles. The van der Waals surface area contributed by atoms with E-state index in [1.165, 1.54) is 5.56 Å². The molecule has 1 amide bonds. The molecule has 0 atom stereocenters. The molecule has 0 aliphatic carbocycles. The van der Waals surface area contributed by atoms with E-state index in [1.807, 2.05) is 28.6 Å². The Kier molecular flexibility index (Phi) is 8.16. The summed E-state index contributed by atoms with van der Waals surface area (Å²) in [5.41, 5.74) is 5.15. The first-order valence-electron chi connectivity index (χ1n) is 10.9. The normalized spacial score (nSPS) is 15.0. The van der Waals surface area contributed by atoms with Crippen molar-refractivity contribution < 1.29 is 4.79 Å². The van der Waals surface area contributed by atoms with E-state index in [4.69, 9.17) is 0 Å². The molecule has 31 heavy (non-hydrogen) atoms. The van der Waals surface area contributed by atoms with Crippen molar-refractivity contribution in [3.05, 3.63) is 82.3 Å². The first-order chi connectivity index (χ1) is 15.3. The summed E-state index contributed by atoms with van der Waals surface area (Å²) in [7, 11) is 0. The fourth-order valence-corrected chi connectivity index (χ4v) is 5.56. The van der Waals surface area contributed by atoms with Crippen molar-refractivity contribution >= 4 is 29.0 Å². The molecule has 0 spiro atoms. The molecule has 4 rings (SSSR count). The molecule has 0 bridgehead atoms. The van der Waals surface area contributed by atoms with Crippen molar-refractivity contribution in [2.75, 3.05) is 32.7 Å². The lowest BCUT2D eigenvalue weighted by Crippen LogP contribution is -2.35. The lowest BCUT2D eigenvalue weighted by atomic mass is 10.1. The van der Waals surface area contributed by atoms with Gasteiger partial charge in [-0.1, -0.05) is 42.5 Å². The van der Waals surface area contributed by atoms with Crippen molar-refractivity contribution in [1.29, 1.82) is 0 Å². The predicted molar refractivity (Wildman–Crippen MR) is 130 cm³/mol. The predicted octanol–water partition coefficient (Wildman–Crippen LogP) is 5.22. The van der Waals surface area contributed by atoms with Crippen molar-refractivity contribution in [3.8, 4) is 0 Å². The van der Waals surface area contributed by atoms with Crippen LogP contribution in [0.25, 0.3) is 0 Å². The van der Waals surface area contributed by atoms with Crippen molar-refractivity contribution in [2.45, 2.75) is 29.9 Å². The van der Waals surface area contributed by atoms with Crippen LogP contribution in [0.3, 0.4) is 0 Å². The van der Waals surface area contributed by atoms with Gasteiger partial charge in [0.1, 0.15) is 0 Å². The lowest BCUT2D eigenvalue weighted by molar-refractivity contribution is 0.0758. The van der Waals surface area contributed by atoms with Gasteiger partial charge in [-0.25, -0.2) is 4.98 Å². The number of amides is 1. The molecule has 1 aliphatic rings. The fraction of sp³-hybridized carbons (Fsp3) is 0.360. The van der Waals surface area contributed by atoms with Gasteiger partial charge in [-0.05, 0) is 50.0 Å². The van der Waals surface area contributed by atoms with Crippen LogP contribution in [0.5, 0.6) is 0 Å². The van der Waals surface area contributed by atoms with Gasteiger partial charge in [-0.2, -0.15) is 0 Å². The van der Waals surface area contributed by atoms with Crippen LogP contribution in [-0.4, -0.2) is 53.4 Å². The summed E-state index contributed by atoms with van der Waals surface area (Å²) in [6, 6.07) is 18.7. The first kappa shape index (κ1) is 22.1. The van der Waals surface area contributed by atoms with Crippen LogP contribution in [-0.2, 0) is 12.2 Å². The second-order valence-electron chi connectivity index (χ2n) is 7.84. The quantitative estimate of drug-likeness (QED) is 0.440. The molecule has 162 valence electrons. The maximum Gasteiger partial charge on any atom is 0.255 e. The Hall–Kier alpha value is -2.15. The standard InChI is InChI=1S/C25H29N3OS2/c29-25(23-11-4-5-12-24(23)31-19-22-18-30-20-26-22)28-15-7-14-27(16-17-28)13-6-10-21-8-2-1-3-9-21/h1-5,8-9,11-12,18,20H,6-7,10,13-17,19H2. The highest BCUT2D eigenvalue weighted by atomic mass is 32.2. The van der Waals surface area contributed by atoms with Gasteiger partial charge in [0.05, 0.1) is 16.8 Å². The fourth-order valence-electron chi connectivity index (χ4n) is 3.95. The molecule has 4 nitrogen and oxygen atoms in total.